The van der Waals surface area contributed by atoms with Crippen molar-refractivity contribution < 1.29 is 21.6 Å². The van der Waals surface area contributed by atoms with Gasteiger partial charge >= 0.3 is 15.5 Å². The number of nitrogens with zero attached hydrogens (tertiary/aromatic N) is 2. The molecule has 0 atom stereocenters. The first-order chi connectivity index (χ1) is 12.7. The van der Waals surface area contributed by atoms with Crippen LogP contribution in [0.15, 0.2) is 4.99 Å². The zero-order valence-electron chi connectivity index (χ0n) is 15.9. The fourth-order valence-corrected chi connectivity index (χ4v) is 4.75. The minimum absolute atomic E-state index is 0.0858. The van der Waals surface area contributed by atoms with Gasteiger partial charge in [-0.05, 0) is 38.5 Å². The predicted octanol–water partition coefficient (Wildman–Crippen LogP) is 2.83. The second-order valence-electron chi connectivity index (χ2n) is 7.32. The largest absolute Gasteiger partial charge is 0.511 e. The van der Waals surface area contributed by atoms with E-state index in [9.17, 15) is 21.6 Å². The van der Waals surface area contributed by atoms with Crippen LogP contribution in [0.3, 0.4) is 0 Å². The molecule has 1 saturated heterocycles. The Morgan fingerprint density at radius 3 is 2.33 bits per heavy atom. The number of hydrogen-bond donors (Lipinski definition) is 2. The molecule has 0 bridgehead atoms. The number of sulfonamides is 1. The van der Waals surface area contributed by atoms with Gasteiger partial charge in [0.05, 0.1) is 0 Å². The average molecular weight is 413 g/mol. The predicted molar refractivity (Wildman–Crippen MR) is 99.9 cm³/mol. The lowest BCUT2D eigenvalue weighted by atomic mass is 10.0. The molecule has 0 spiro atoms. The lowest BCUT2D eigenvalue weighted by molar-refractivity contribution is -0.0494. The minimum atomic E-state index is -5.23. The van der Waals surface area contributed by atoms with Gasteiger partial charge in [-0.15, -0.1) is 0 Å². The van der Waals surface area contributed by atoms with Gasteiger partial charge in [0, 0.05) is 32.2 Å². The Hall–Kier alpha value is -1.03. The van der Waals surface area contributed by atoms with E-state index in [1.807, 2.05) is 6.92 Å². The van der Waals surface area contributed by atoms with Crippen molar-refractivity contribution in [1.29, 1.82) is 0 Å². The molecule has 0 aromatic carbocycles. The molecular weight excluding hydrogens is 381 g/mol. The van der Waals surface area contributed by atoms with Crippen LogP contribution in [-0.2, 0) is 10.0 Å². The van der Waals surface area contributed by atoms with E-state index in [0.717, 1.165) is 12.3 Å². The summed E-state index contributed by atoms with van der Waals surface area (Å²) >= 11 is 0. The van der Waals surface area contributed by atoms with E-state index >= 15 is 0 Å². The maximum atomic E-state index is 12.6. The molecule has 158 valence electrons. The Balaban J connectivity index is 1.78. The van der Waals surface area contributed by atoms with Crippen molar-refractivity contribution in [2.45, 2.75) is 69.8 Å². The Morgan fingerprint density at radius 2 is 1.78 bits per heavy atom. The summed E-state index contributed by atoms with van der Waals surface area (Å²) in [4.78, 5) is 4.56. The van der Waals surface area contributed by atoms with Crippen LogP contribution in [0, 0.1) is 5.92 Å². The molecule has 1 heterocycles. The summed E-state index contributed by atoms with van der Waals surface area (Å²) in [5, 5.41) is 6.38. The van der Waals surface area contributed by atoms with Gasteiger partial charge in [0.1, 0.15) is 0 Å². The van der Waals surface area contributed by atoms with Crippen molar-refractivity contribution in [2.24, 2.45) is 10.9 Å². The number of aliphatic imine (C=N–C) groups is 1. The fourth-order valence-electron chi connectivity index (χ4n) is 3.77. The Bertz CT molecular complexity index is 581. The molecule has 0 unspecified atom stereocenters. The van der Waals surface area contributed by atoms with E-state index < -0.39 is 15.5 Å². The highest BCUT2D eigenvalue weighted by atomic mass is 32.2. The summed E-state index contributed by atoms with van der Waals surface area (Å²) in [6.45, 7) is 3.08. The van der Waals surface area contributed by atoms with Gasteiger partial charge in [0.25, 0.3) is 0 Å². The van der Waals surface area contributed by atoms with Crippen LogP contribution in [0.1, 0.15) is 58.3 Å². The molecule has 27 heavy (non-hydrogen) atoms. The summed E-state index contributed by atoms with van der Waals surface area (Å²) in [6, 6.07) is -0.0858. The lowest BCUT2D eigenvalue weighted by Crippen LogP contribution is -2.51. The van der Waals surface area contributed by atoms with Crippen molar-refractivity contribution in [3.8, 4) is 0 Å². The Labute approximate surface area is 160 Å². The molecule has 0 aromatic rings. The average Bonchev–Trinajstić information content (AvgIpc) is 3.12. The number of guanidine groups is 1. The summed E-state index contributed by atoms with van der Waals surface area (Å²) in [5.74, 6) is 1.48. The first kappa shape index (κ1) is 22.3. The van der Waals surface area contributed by atoms with Gasteiger partial charge in [0.2, 0.25) is 0 Å². The highest BCUT2D eigenvalue weighted by Crippen LogP contribution is 2.29. The topological polar surface area (TPSA) is 73.8 Å². The first-order valence-corrected chi connectivity index (χ1v) is 11.3. The SMILES string of the molecule is CCNC(=NCCCC1CCCC1)NC1CCN(S(=O)(=O)C(F)(F)F)CC1. The summed E-state index contributed by atoms with van der Waals surface area (Å²) in [6.07, 6.45) is 8.17. The van der Waals surface area contributed by atoms with Crippen molar-refractivity contribution in [2.75, 3.05) is 26.2 Å². The normalized spacial score (nSPS) is 21.6. The van der Waals surface area contributed by atoms with Crippen LogP contribution in [0.5, 0.6) is 0 Å². The van der Waals surface area contributed by atoms with Crippen molar-refractivity contribution in [3.05, 3.63) is 0 Å². The third-order valence-electron chi connectivity index (χ3n) is 5.29. The highest BCUT2D eigenvalue weighted by molar-refractivity contribution is 7.90. The number of halogens is 3. The van der Waals surface area contributed by atoms with Crippen molar-refractivity contribution in [3.63, 3.8) is 0 Å². The monoisotopic (exact) mass is 412 g/mol. The smallest absolute Gasteiger partial charge is 0.357 e. The Morgan fingerprint density at radius 1 is 1.15 bits per heavy atom. The minimum Gasteiger partial charge on any atom is -0.357 e. The molecule has 0 radical (unpaired) electrons. The van der Waals surface area contributed by atoms with Crippen LogP contribution in [0.25, 0.3) is 0 Å². The third kappa shape index (κ3) is 6.51. The van der Waals surface area contributed by atoms with Crippen molar-refractivity contribution in [1.82, 2.24) is 14.9 Å². The van der Waals surface area contributed by atoms with Crippen LogP contribution >= 0.6 is 0 Å². The molecular formula is C17H31F3N4O2S. The van der Waals surface area contributed by atoms with Gasteiger partial charge in [-0.3, -0.25) is 4.99 Å². The van der Waals surface area contributed by atoms with Gasteiger partial charge in [-0.1, -0.05) is 25.7 Å². The summed E-state index contributed by atoms with van der Waals surface area (Å²) < 4.78 is 61.4. The van der Waals surface area contributed by atoms with Crippen LogP contribution in [-0.4, -0.2) is 56.4 Å². The number of alkyl halides is 3. The zero-order chi connectivity index (χ0) is 19.9. The number of hydrogen-bond acceptors (Lipinski definition) is 3. The van der Waals surface area contributed by atoms with E-state index in [0.29, 0.717) is 36.2 Å². The maximum absolute atomic E-state index is 12.6. The third-order valence-corrected chi connectivity index (χ3v) is 6.92. The number of rotatable bonds is 7. The van der Waals surface area contributed by atoms with Crippen LogP contribution in [0.2, 0.25) is 0 Å². The Kier molecular flexibility index (Phi) is 8.20. The van der Waals surface area contributed by atoms with Crippen LogP contribution < -0.4 is 10.6 Å². The second-order valence-corrected chi connectivity index (χ2v) is 9.25. The molecule has 2 aliphatic rings. The van der Waals surface area contributed by atoms with E-state index in [1.54, 1.807) is 0 Å². The molecule has 0 amide bonds. The molecule has 2 fully saturated rings. The number of nitrogens with one attached hydrogen (secondary N) is 2. The molecule has 6 nitrogen and oxygen atoms in total. The van der Waals surface area contributed by atoms with Crippen molar-refractivity contribution >= 4 is 16.0 Å². The molecule has 1 aliphatic heterocycles. The number of piperidine rings is 1. The summed E-state index contributed by atoms with van der Waals surface area (Å²) in [5.41, 5.74) is -5.23. The van der Waals surface area contributed by atoms with Crippen LogP contribution in [0.4, 0.5) is 13.2 Å². The molecule has 1 saturated carbocycles. The maximum Gasteiger partial charge on any atom is 0.511 e. The van der Waals surface area contributed by atoms with Gasteiger partial charge in [-0.25, -0.2) is 8.42 Å². The molecule has 2 N–H and O–H groups in total. The standard InChI is InChI=1S/C17H31F3N4O2S/c1-2-21-16(22-11-5-8-14-6-3-4-7-14)23-15-9-12-24(13-10-15)27(25,26)17(18,19)20/h14-15H,2-13H2,1H3,(H2,21,22,23). The second kappa shape index (κ2) is 9.95. The molecule has 0 aromatic heterocycles. The van der Waals surface area contributed by atoms with E-state index in [1.165, 1.54) is 32.1 Å². The quantitative estimate of drug-likeness (QED) is 0.383. The molecule has 10 heteroatoms. The van der Waals surface area contributed by atoms with E-state index in [4.69, 9.17) is 0 Å². The van der Waals surface area contributed by atoms with Gasteiger partial charge in [0.15, 0.2) is 5.96 Å². The molecule has 1 aliphatic carbocycles. The fraction of sp³-hybridized carbons (Fsp3) is 0.941. The summed E-state index contributed by atoms with van der Waals surface area (Å²) in [7, 11) is -5.23. The molecule has 2 rings (SSSR count). The highest BCUT2D eigenvalue weighted by Gasteiger charge is 2.50. The van der Waals surface area contributed by atoms with E-state index in [-0.39, 0.29) is 19.1 Å². The lowest BCUT2D eigenvalue weighted by Gasteiger charge is -2.32. The van der Waals surface area contributed by atoms with E-state index in [2.05, 4.69) is 15.6 Å². The van der Waals surface area contributed by atoms with Gasteiger partial charge < -0.3 is 10.6 Å². The first-order valence-electron chi connectivity index (χ1n) is 9.85. The van der Waals surface area contributed by atoms with Gasteiger partial charge in [-0.2, -0.15) is 17.5 Å². The zero-order valence-corrected chi connectivity index (χ0v) is 16.7.